The Labute approximate surface area is 239 Å². The molecule has 7 nitrogen and oxygen atoms in total. The number of nitrogens with one attached hydrogen (secondary N) is 1. The molecule has 0 aliphatic rings. The van der Waals surface area contributed by atoms with Gasteiger partial charge in [0.25, 0.3) is 10.0 Å². The van der Waals surface area contributed by atoms with Gasteiger partial charge in [0.2, 0.25) is 11.8 Å². The summed E-state index contributed by atoms with van der Waals surface area (Å²) >= 11 is 0. The standard InChI is InChI=1S/C32H41N3O4S/c1-6-21-33-32(37)30(7-2)34(22-26-11-9-8-10-12-26)31(36)23-35(28-17-15-27(16-18-28)24(3)4)40(38,39)29-19-13-25(5)14-20-29/h8-20,24,30H,6-7,21-23H2,1-5H3,(H,33,37)/t30-/m1/s1. The highest BCUT2D eigenvalue weighted by atomic mass is 32.2. The highest BCUT2D eigenvalue weighted by Gasteiger charge is 2.33. The van der Waals surface area contributed by atoms with E-state index in [-0.39, 0.29) is 23.3 Å². The van der Waals surface area contributed by atoms with Crippen molar-refractivity contribution < 1.29 is 18.0 Å². The van der Waals surface area contributed by atoms with E-state index in [4.69, 9.17) is 0 Å². The second-order valence-electron chi connectivity index (χ2n) is 10.3. The van der Waals surface area contributed by atoms with Gasteiger partial charge in [0.05, 0.1) is 10.6 Å². The second-order valence-corrected chi connectivity index (χ2v) is 12.2. The third-order valence-corrected chi connectivity index (χ3v) is 8.65. The lowest BCUT2D eigenvalue weighted by atomic mass is 10.0. The molecular formula is C32H41N3O4S. The topological polar surface area (TPSA) is 86.8 Å². The fourth-order valence-corrected chi connectivity index (χ4v) is 5.87. The van der Waals surface area contributed by atoms with Crippen molar-refractivity contribution in [2.75, 3.05) is 17.4 Å². The molecule has 3 aromatic rings. The summed E-state index contributed by atoms with van der Waals surface area (Å²) in [6.45, 7) is 10.1. The van der Waals surface area contributed by atoms with Crippen LogP contribution in [0.4, 0.5) is 5.69 Å². The Morgan fingerprint density at radius 3 is 2.05 bits per heavy atom. The Bertz CT molecular complexity index is 1360. The molecule has 1 atom stereocenters. The minimum absolute atomic E-state index is 0.0983. The maximum atomic E-state index is 14.1. The summed E-state index contributed by atoms with van der Waals surface area (Å²) < 4.78 is 29.1. The van der Waals surface area contributed by atoms with Gasteiger partial charge in [-0.2, -0.15) is 0 Å². The van der Waals surface area contributed by atoms with Gasteiger partial charge in [-0.05, 0) is 61.1 Å². The van der Waals surface area contributed by atoms with Crippen molar-refractivity contribution in [3.05, 3.63) is 95.6 Å². The number of carbonyl (C=O) groups is 2. The van der Waals surface area contributed by atoms with E-state index in [1.165, 1.54) is 4.90 Å². The fraction of sp³-hybridized carbons (Fsp3) is 0.375. The van der Waals surface area contributed by atoms with Crippen molar-refractivity contribution in [3.63, 3.8) is 0 Å². The van der Waals surface area contributed by atoms with Crippen molar-refractivity contribution in [2.24, 2.45) is 0 Å². The molecular weight excluding hydrogens is 522 g/mol. The molecule has 1 N–H and O–H groups in total. The van der Waals surface area contributed by atoms with Gasteiger partial charge < -0.3 is 10.2 Å². The summed E-state index contributed by atoms with van der Waals surface area (Å²) in [5.74, 6) is -0.431. The van der Waals surface area contributed by atoms with E-state index in [0.717, 1.165) is 27.4 Å². The third-order valence-electron chi connectivity index (χ3n) is 6.87. The minimum atomic E-state index is -4.09. The third kappa shape index (κ3) is 7.72. The first-order valence-electron chi connectivity index (χ1n) is 13.9. The highest BCUT2D eigenvalue weighted by molar-refractivity contribution is 7.92. The van der Waals surface area contributed by atoms with Crippen LogP contribution < -0.4 is 9.62 Å². The molecule has 0 aliphatic carbocycles. The lowest BCUT2D eigenvalue weighted by molar-refractivity contribution is -0.140. The van der Waals surface area contributed by atoms with Gasteiger partial charge in [0.1, 0.15) is 12.6 Å². The Kier molecular flexibility index (Phi) is 10.9. The first-order chi connectivity index (χ1) is 19.1. The van der Waals surface area contributed by atoms with Crippen LogP contribution >= 0.6 is 0 Å². The molecule has 0 aliphatic heterocycles. The second kappa shape index (κ2) is 14.1. The first kappa shape index (κ1) is 30.9. The predicted molar refractivity (Wildman–Crippen MR) is 161 cm³/mol. The van der Waals surface area contributed by atoms with Gasteiger partial charge in [-0.15, -0.1) is 0 Å². The molecule has 0 saturated heterocycles. The molecule has 3 rings (SSSR count). The number of rotatable bonds is 13. The van der Waals surface area contributed by atoms with Gasteiger partial charge in [-0.1, -0.05) is 87.9 Å². The zero-order chi connectivity index (χ0) is 29.3. The number of sulfonamides is 1. The van der Waals surface area contributed by atoms with Crippen LogP contribution in [0.15, 0.2) is 83.8 Å². The number of amides is 2. The average Bonchev–Trinajstić information content (AvgIpc) is 2.95. The van der Waals surface area contributed by atoms with E-state index in [2.05, 4.69) is 19.2 Å². The number of aryl methyl sites for hydroxylation is 1. The maximum absolute atomic E-state index is 14.1. The number of benzene rings is 3. The van der Waals surface area contributed by atoms with Crippen molar-refractivity contribution in [3.8, 4) is 0 Å². The highest BCUT2D eigenvalue weighted by Crippen LogP contribution is 2.27. The molecule has 0 aromatic heterocycles. The summed E-state index contributed by atoms with van der Waals surface area (Å²) in [5, 5.41) is 2.90. The number of carbonyl (C=O) groups excluding carboxylic acids is 2. The number of hydrogen-bond acceptors (Lipinski definition) is 4. The van der Waals surface area contributed by atoms with Gasteiger partial charge in [0, 0.05) is 13.1 Å². The predicted octanol–water partition coefficient (Wildman–Crippen LogP) is 5.65. The van der Waals surface area contributed by atoms with Crippen LogP contribution in [0.2, 0.25) is 0 Å². The summed E-state index contributed by atoms with van der Waals surface area (Å²) in [7, 11) is -4.09. The maximum Gasteiger partial charge on any atom is 0.264 e. The van der Waals surface area contributed by atoms with Crippen LogP contribution in [0.1, 0.15) is 63.1 Å². The summed E-state index contributed by atoms with van der Waals surface area (Å²) in [6.07, 6.45) is 1.16. The molecule has 40 heavy (non-hydrogen) atoms. The minimum Gasteiger partial charge on any atom is -0.354 e. The fourth-order valence-electron chi connectivity index (χ4n) is 4.46. The summed E-state index contributed by atoms with van der Waals surface area (Å²) in [4.78, 5) is 28.8. The zero-order valence-corrected chi connectivity index (χ0v) is 24.9. The number of anilines is 1. The van der Waals surface area contributed by atoms with E-state index < -0.39 is 28.5 Å². The normalized spacial score (nSPS) is 12.2. The van der Waals surface area contributed by atoms with Crippen LogP contribution in [0.5, 0.6) is 0 Å². The van der Waals surface area contributed by atoms with Crippen molar-refractivity contribution >= 4 is 27.5 Å². The monoisotopic (exact) mass is 563 g/mol. The lowest BCUT2D eigenvalue weighted by Gasteiger charge is -2.33. The van der Waals surface area contributed by atoms with Crippen molar-refractivity contribution in [2.45, 2.75) is 70.9 Å². The molecule has 2 amide bonds. The largest absolute Gasteiger partial charge is 0.354 e. The summed E-state index contributed by atoms with van der Waals surface area (Å²) in [5.41, 5.74) is 3.24. The van der Waals surface area contributed by atoms with Crippen LogP contribution in [0.3, 0.4) is 0 Å². The Morgan fingerprint density at radius 1 is 0.875 bits per heavy atom. The smallest absolute Gasteiger partial charge is 0.264 e. The molecule has 0 bridgehead atoms. The molecule has 0 heterocycles. The number of hydrogen-bond donors (Lipinski definition) is 1. The molecule has 3 aromatic carbocycles. The van der Waals surface area contributed by atoms with Gasteiger partial charge >= 0.3 is 0 Å². The lowest BCUT2D eigenvalue weighted by Crippen LogP contribution is -2.52. The molecule has 8 heteroatoms. The molecule has 0 fully saturated rings. The van der Waals surface area contributed by atoms with Gasteiger partial charge in [-0.3, -0.25) is 13.9 Å². The molecule has 0 unspecified atom stereocenters. The Balaban J connectivity index is 2.05. The average molecular weight is 564 g/mol. The van der Waals surface area contributed by atoms with E-state index in [1.54, 1.807) is 36.4 Å². The summed E-state index contributed by atoms with van der Waals surface area (Å²) in [6, 6.07) is 22.5. The molecule has 214 valence electrons. The first-order valence-corrected chi connectivity index (χ1v) is 15.3. The van der Waals surface area contributed by atoms with E-state index in [9.17, 15) is 18.0 Å². The van der Waals surface area contributed by atoms with Gasteiger partial charge in [-0.25, -0.2) is 8.42 Å². The van der Waals surface area contributed by atoms with E-state index in [0.29, 0.717) is 18.7 Å². The van der Waals surface area contributed by atoms with Crippen molar-refractivity contribution in [1.29, 1.82) is 0 Å². The molecule has 0 spiro atoms. The van der Waals surface area contributed by atoms with E-state index in [1.807, 2.05) is 63.2 Å². The SMILES string of the molecule is CCCNC(=O)[C@@H](CC)N(Cc1ccccc1)C(=O)CN(c1ccc(C(C)C)cc1)S(=O)(=O)c1ccc(C)cc1. The van der Waals surface area contributed by atoms with Crippen LogP contribution in [-0.2, 0) is 26.2 Å². The van der Waals surface area contributed by atoms with Crippen LogP contribution in [0, 0.1) is 6.92 Å². The Hall–Kier alpha value is -3.65. The van der Waals surface area contributed by atoms with E-state index >= 15 is 0 Å². The van der Waals surface area contributed by atoms with Gasteiger partial charge in [0.15, 0.2) is 0 Å². The van der Waals surface area contributed by atoms with Crippen molar-refractivity contribution in [1.82, 2.24) is 10.2 Å². The quantitative estimate of drug-likeness (QED) is 0.291. The van der Waals surface area contributed by atoms with Crippen LogP contribution in [-0.4, -0.2) is 44.3 Å². The molecule has 0 saturated carbocycles. The van der Waals surface area contributed by atoms with Crippen LogP contribution in [0.25, 0.3) is 0 Å². The number of nitrogens with zero attached hydrogens (tertiary/aromatic N) is 2. The Morgan fingerprint density at radius 2 is 1.50 bits per heavy atom. The zero-order valence-electron chi connectivity index (χ0n) is 24.1. The molecule has 0 radical (unpaired) electrons.